The number of nitriles is 1. The monoisotopic (exact) mass is 418 g/mol. The van der Waals surface area contributed by atoms with Crippen LogP contribution in [0.1, 0.15) is 38.7 Å². The molecule has 0 spiro atoms. The summed E-state index contributed by atoms with van der Waals surface area (Å²) in [6.45, 7) is 6.07. The minimum absolute atomic E-state index is 0.142. The van der Waals surface area contributed by atoms with Crippen LogP contribution in [-0.2, 0) is 4.79 Å². The Kier molecular flexibility index (Phi) is 4.09. The standard InChI is InChI=1S/C19H19IN2O/c1-11-14(10-21)17(12-4-6-13(20)7-5-12)18-15(22-11)8-19(2,3)9-16(18)23/h4-8,17-18,22H,9H2,1-3H3. The van der Waals surface area contributed by atoms with Crippen LogP contribution < -0.4 is 5.32 Å². The number of allylic oxidation sites excluding steroid dienone is 4. The van der Waals surface area contributed by atoms with E-state index < -0.39 is 0 Å². The highest BCUT2D eigenvalue weighted by molar-refractivity contribution is 14.1. The van der Waals surface area contributed by atoms with Crippen molar-refractivity contribution in [3.8, 4) is 6.07 Å². The number of nitrogens with zero attached hydrogens (tertiary/aromatic N) is 1. The second kappa shape index (κ2) is 5.79. The Morgan fingerprint density at radius 2 is 1.91 bits per heavy atom. The molecule has 118 valence electrons. The fourth-order valence-corrected chi connectivity index (χ4v) is 4.00. The van der Waals surface area contributed by atoms with Crippen molar-refractivity contribution in [2.75, 3.05) is 0 Å². The number of hydrogen-bond acceptors (Lipinski definition) is 3. The van der Waals surface area contributed by atoms with E-state index in [1.807, 2.05) is 31.2 Å². The molecule has 1 heterocycles. The quantitative estimate of drug-likeness (QED) is 0.693. The lowest BCUT2D eigenvalue weighted by Gasteiger charge is -2.40. The van der Waals surface area contributed by atoms with E-state index in [0.29, 0.717) is 12.0 Å². The highest BCUT2D eigenvalue weighted by Crippen LogP contribution is 2.46. The van der Waals surface area contributed by atoms with Gasteiger partial charge in [0, 0.05) is 27.3 Å². The highest BCUT2D eigenvalue weighted by atomic mass is 127. The molecule has 0 amide bonds. The molecule has 1 aliphatic heterocycles. The molecular formula is C19H19IN2O. The van der Waals surface area contributed by atoms with Crippen LogP contribution in [0.5, 0.6) is 0 Å². The lowest BCUT2D eigenvalue weighted by molar-refractivity contribution is -0.124. The first-order valence-electron chi connectivity index (χ1n) is 7.71. The number of Topliss-reactive ketones (excluding diaryl/α,β-unsaturated/α-hetero) is 1. The number of benzene rings is 1. The average molecular weight is 418 g/mol. The Morgan fingerprint density at radius 1 is 1.26 bits per heavy atom. The highest BCUT2D eigenvalue weighted by Gasteiger charge is 2.44. The Hall–Kier alpha value is -1.61. The van der Waals surface area contributed by atoms with Gasteiger partial charge in [0.15, 0.2) is 0 Å². The summed E-state index contributed by atoms with van der Waals surface area (Å²) < 4.78 is 1.14. The molecule has 0 saturated heterocycles. The van der Waals surface area contributed by atoms with Gasteiger partial charge >= 0.3 is 0 Å². The normalized spacial score (nSPS) is 26.0. The molecule has 4 heteroatoms. The Balaban J connectivity index is 2.18. The zero-order valence-corrected chi connectivity index (χ0v) is 15.6. The fourth-order valence-electron chi connectivity index (χ4n) is 3.64. The molecule has 1 aromatic carbocycles. The third kappa shape index (κ3) is 2.94. The van der Waals surface area contributed by atoms with Crippen LogP contribution in [0.25, 0.3) is 0 Å². The number of fused-ring (bicyclic) bond motifs is 1. The number of hydrogen-bond donors (Lipinski definition) is 1. The van der Waals surface area contributed by atoms with Gasteiger partial charge in [0.05, 0.1) is 17.6 Å². The largest absolute Gasteiger partial charge is 0.361 e. The van der Waals surface area contributed by atoms with Gasteiger partial charge in [0.25, 0.3) is 0 Å². The van der Waals surface area contributed by atoms with Gasteiger partial charge < -0.3 is 5.32 Å². The van der Waals surface area contributed by atoms with E-state index in [-0.39, 0.29) is 23.0 Å². The predicted molar refractivity (Wildman–Crippen MR) is 98.3 cm³/mol. The molecule has 2 unspecified atom stereocenters. The van der Waals surface area contributed by atoms with E-state index in [9.17, 15) is 10.1 Å². The number of halogens is 1. The zero-order chi connectivity index (χ0) is 16.8. The number of rotatable bonds is 1. The van der Waals surface area contributed by atoms with Crippen LogP contribution in [0.3, 0.4) is 0 Å². The van der Waals surface area contributed by atoms with Gasteiger partial charge in [-0.05, 0) is 52.6 Å². The zero-order valence-electron chi connectivity index (χ0n) is 13.5. The average Bonchev–Trinajstić information content (AvgIpc) is 2.45. The lowest BCUT2D eigenvalue weighted by atomic mass is 9.66. The minimum atomic E-state index is -0.276. The fraction of sp³-hybridized carbons (Fsp3) is 0.368. The van der Waals surface area contributed by atoms with Gasteiger partial charge in [-0.1, -0.05) is 32.1 Å². The Bertz CT molecular complexity index is 766. The van der Waals surface area contributed by atoms with Gasteiger partial charge in [-0.3, -0.25) is 4.79 Å². The maximum absolute atomic E-state index is 12.8. The number of nitrogens with one attached hydrogen (secondary N) is 1. The van der Waals surface area contributed by atoms with Crippen LogP contribution in [0.15, 0.2) is 47.3 Å². The van der Waals surface area contributed by atoms with Crippen LogP contribution in [-0.4, -0.2) is 5.78 Å². The van der Waals surface area contributed by atoms with Crippen molar-refractivity contribution in [3.05, 3.63) is 56.4 Å². The first kappa shape index (κ1) is 16.3. The summed E-state index contributed by atoms with van der Waals surface area (Å²) in [5, 5.41) is 13.0. The van der Waals surface area contributed by atoms with Gasteiger partial charge in [0.2, 0.25) is 0 Å². The van der Waals surface area contributed by atoms with E-state index in [1.165, 1.54) is 0 Å². The molecule has 1 N–H and O–H groups in total. The maximum atomic E-state index is 12.8. The van der Waals surface area contributed by atoms with Gasteiger partial charge in [-0.15, -0.1) is 0 Å². The first-order valence-corrected chi connectivity index (χ1v) is 8.79. The molecular weight excluding hydrogens is 399 g/mol. The number of carbonyl (C=O) groups excluding carboxylic acids is 1. The second-order valence-corrected chi connectivity index (χ2v) is 8.26. The first-order chi connectivity index (χ1) is 10.8. The van der Waals surface area contributed by atoms with E-state index in [0.717, 1.165) is 20.5 Å². The maximum Gasteiger partial charge on any atom is 0.143 e. The smallest absolute Gasteiger partial charge is 0.143 e. The summed E-state index contributed by atoms with van der Waals surface area (Å²) in [5.41, 5.74) is 3.36. The lowest BCUT2D eigenvalue weighted by Crippen LogP contribution is -2.41. The molecule has 0 bridgehead atoms. The van der Waals surface area contributed by atoms with E-state index in [1.54, 1.807) is 0 Å². The van der Waals surface area contributed by atoms with Crippen LogP contribution in [0, 0.1) is 26.2 Å². The summed E-state index contributed by atoms with van der Waals surface area (Å²) in [7, 11) is 0. The molecule has 1 aromatic rings. The molecule has 23 heavy (non-hydrogen) atoms. The Labute approximate surface area is 150 Å². The van der Waals surface area contributed by atoms with Crippen molar-refractivity contribution in [2.24, 2.45) is 11.3 Å². The number of ketones is 1. The minimum Gasteiger partial charge on any atom is -0.361 e. The molecule has 2 atom stereocenters. The van der Waals surface area contributed by atoms with Crippen LogP contribution in [0.2, 0.25) is 0 Å². The van der Waals surface area contributed by atoms with Crippen molar-refractivity contribution in [1.29, 1.82) is 5.26 Å². The van der Waals surface area contributed by atoms with Gasteiger partial charge in [-0.2, -0.15) is 5.26 Å². The Morgan fingerprint density at radius 3 is 2.52 bits per heavy atom. The van der Waals surface area contributed by atoms with Gasteiger partial charge in [0.1, 0.15) is 5.78 Å². The summed E-state index contributed by atoms with van der Waals surface area (Å²) in [6, 6.07) is 10.5. The van der Waals surface area contributed by atoms with Crippen molar-refractivity contribution in [3.63, 3.8) is 0 Å². The van der Waals surface area contributed by atoms with E-state index in [2.05, 4.69) is 53.9 Å². The SMILES string of the molecule is CC1=C(C#N)C(c2ccc(I)cc2)C2C(=O)CC(C)(C)C=C2N1. The van der Waals surface area contributed by atoms with Crippen LogP contribution >= 0.6 is 22.6 Å². The third-order valence-corrected chi connectivity index (χ3v) is 5.31. The van der Waals surface area contributed by atoms with Crippen molar-refractivity contribution in [1.82, 2.24) is 5.32 Å². The molecule has 3 nitrogen and oxygen atoms in total. The summed E-state index contributed by atoms with van der Waals surface area (Å²) in [4.78, 5) is 12.8. The predicted octanol–water partition coefficient (Wildman–Crippen LogP) is 4.27. The molecule has 3 rings (SSSR count). The van der Waals surface area contributed by atoms with Crippen molar-refractivity contribution >= 4 is 28.4 Å². The molecule has 2 aliphatic rings. The molecule has 0 radical (unpaired) electrons. The van der Waals surface area contributed by atoms with Crippen LogP contribution in [0.4, 0.5) is 0 Å². The van der Waals surface area contributed by atoms with Crippen molar-refractivity contribution in [2.45, 2.75) is 33.1 Å². The van der Waals surface area contributed by atoms with E-state index >= 15 is 0 Å². The van der Waals surface area contributed by atoms with E-state index in [4.69, 9.17) is 0 Å². The van der Waals surface area contributed by atoms with Crippen molar-refractivity contribution < 1.29 is 4.79 Å². The molecule has 0 saturated carbocycles. The molecule has 1 aliphatic carbocycles. The summed E-state index contributed by atoms with van der Waals surface area (Å²) in [6.07, 6.45) is 2.68. The number of carbonyl (C=O) groups is 1. The topological polar surface area (TPSA) is 52.9 Å². The summed E-state index contributed by atoms with van der Waals surface area (Å²) in [5.74, 6) is -0.252. The third-order valence-electron chi connectivity index (χ3n) is 4.59. The summed E-state index contributed by atoms with van der Waals surface area (Å²) >= 11 is 2.26. The molecule has 0 fully saturated rings. The van der Waals surface area contributed by atoms with Gasteiger partial charge in [-0.25, -0.2) is 0 Å². The second-order valence-electron chi connectivity index (χ2n) is 7.01. The molecule has 0 aromatic heterocycles.